The molecule has 1 saturated heterocycles. The predicted octanol–water partition coefficient (Wildman–Crippen LogP) is 2.86. The van der Waals surface area contributed by atoms with Crippen molar-refractivity contribution in [1.29, 1.82) is 0 Å². The van der Waals surface area contributed by atoms with E-state index >= 15 is 0 Å². The molecule has 23 heavy (non-hydrogen) atoms. The van der Waals surface area contributed by atoms with Crippen molar-refractivity contribution in [2.24, 2.45) is 5.92 Å². The quantitative estimate of drug-likeness (QED) is 0.920. The van der Waals surface area contributed by atoms with Gasteiger partial charge in [0.15, 0.2) is 0 Å². The maximum absolute atomic E-state index is 12.6. The third-order valence-electron chi connectivity index (χ3n) is 4.05. The molecular weight excluding hydrogens is 335 g/mol. The van der Waals surface area contributed by atoms with E-state index in [9.17, 15) is 4.79 Å². The van der Waals surface area contributed by atoms with E-state index in [1.807, 2.05) is 11.9 Å². The summed E-state index contributed by atoms with van der Waals surface area (Å²) >= 11 is 12.1. The van der Waals surface area contributed by atoms with E-state index in [1.54, 1.807) is 35.3 Å². The van der Waals surface area contributed by atoms with Gasteiger partial charge in [0.25, 0.3) is 5.91 Å². The maximum Gasteiger partial charge on any atom is 0.257 e. The predicted molar refractivity (Wildman–Crippen MR) is 91.5 cm³/mol. The summed E-state index contributed by atoms with van der Waals surface area (Å²) in [6, 6.07) is 5.18. The Balaban J connectivity index is 1.75. The van der Waals surface area contributed by atoms with Crippen LogP contribution in [0.1, 0.15) is 16.8 Å². The SMILES string of the molecule is CNCC1CCN(C(=O)c2cnn(-c3ccc(Cl)cc3Cl)c2)C1. The molecule has 1 aromatic carbocycles. The molecule has 1 aromatic heterocycles. The Kier molecular flexibility index (Phi) is 4.90. The van der Waals surface area contributed by atoms with Crippen LogP contribution in [0.5, 0.6) is 0 Å². The first kappa shape index (κ1) is 16.3. The monoisotopic (exact) mass is 352 g/mol. The number of aromatic nitrogens is 2. The van der Waals surface area contributed by atoms with Gasteiger partial charge in [0.2, 0.25) is 0 Å². The topological polar surface area (TPSA) is 50.2 Å². The fourth-order valence-electron chi connectivity index (χ4n) is 2.89. The first-order valence-electron chi connectivity index (χ1n) is 7.52. The number of hydrogen-bond donors (Lipinski definition) is 1. The van der Waals surface area contributed by atoms with Crippen molar-refractivity contribution >= 4 is 29.1 Å². The number of nitrogens with one attached hydrogen (secondary N) is 1. The molecule has 122 valence electrons. The third-order valence-corrected chi connectivity index (χ3v) is 4.59. The first-order chi connectivity index (χ1) is 11.1. The molecule has 1 amide bonds. The molecule has 3 rings (SSSR count). The highest BCUT2D eigenvalue weighted by Gasteiger charge is 2.27. The molecule has 2 aromatic rings. The molecule has 1 unspecified atom stereocenters. The lowest BCUT2D eigenvalue weighted by Crippen LogP contribution is -2.30. The number of carbonyl (C=O) groups is 1. The summed E-state index contributed by atoms with van der Waals surface area (Å²) in [5, 5.41) is 8.48. The molecular formula is C16H18Cl2N4O. The van der Waals surface area contributed by atoms with Crippen molar-refractivity contribution in [3.05, 3.63) is 46.2 Å². The smallest absolute Gasteiger partial charge is 0.257 e. The van der Waals surface area contributed by atoms with E-state index in [0.717, 1.165) is 26.1 Å². The average molecular weight is 353 g/mol. The molecule has 7 heteroatoms. The molecule has 1 atom stereocenters. The number of nitrogens with zero attached hydrogens (tertiary/aromatic N) is 3. The zero-order valence-corrected chi connectivity index (χ0v) is 14.3. The van der Waals surface area contributed by atoms with E-state index < -0.39 is 0 Å². The summed E-state index contributed by atoms with van der Waals surface area (Å²) < 4.78 is 1.60. The minimum atomic E-state index is 0.0138. The van der Waals surface area contributed by atoms with Crippen LogP contribution in [-0.2, 0) is 0 Å². The Morgan fingerprint density at radius 2 is 2.26 bits per heavy atom. The Hall–Kier alpha value is -1.56. The second kappa shape index (κ2) is 6.91. The number of hydrogen-bond acceptors (Lipinski definition) is 3. The Morgan fingerprint density at radius 3 is 3.00 bits per heavy atom. The van der Waals surface area contributed by atoms with Crippen LogP contribution in [0.2, 0.25) is 10.0 Å². The number of rotatable bonds is 4. The van der Waals surface area contributed by atoms with Gasteiger partial charge in [-0.15, -0.1) is 0 Å². The average Bonchev–Trinajstić information content (AvgIpc) is 3.16. The summed E-state index contributed by atoms with van der Waals surface area (Å²) in [7, 11) is 1.93. The van der Waals surface area contributed by atoms with Crippen molar-refractivity contribution in [1.82, 2.24) is 20.0 Å². The van der Waals surface area contributed by atoms with Crippen molar-refractivity contribution in [2.45, 2.75) is 6.42 Å². The zero-order chi connectivity index (χ0) is 16.4. The molecule has 2 heterocycles. The second-order valence-electron chi connectivity index (χ2n) is 5.73. The van der Waals surface area contributed by atoms with E-state index in [-0.39, 0.29) is 5.91 Å². The molecule has 5 nitrogen and oxygen atoms in total. The Bertz CT molecular complexity index is 716. The molecule has 1 N–H and O–H groups in total. The lowest BCUT2D eigenvalue weighted by molar-refractivity contribution is 0.0787. The van der Waals surface area contributed by atoms with Gasteiger partial charge in [0.05, 0.1) is 22.5 Å². The fourth-order valence-corrected chi connectivity index (χ4v) is 3.38. The van der Waals surface area contributed by atoms with Gasteiger partial charge in [-0.1, -0.05) is 23.2 Å². The van der Waals surface area contributed by atoms with E-state index in [0.29, 0.717) is 27.2 Å². The van der Waals surface area contributed by atoms with Crippen molar-refractivity contribution in [2.75, 3.05) is 26.7 Å². The summed E-state index contributed by atoms with van der Waals surface area (Å²) in [6.07, 6.45) is 4.32. The number of halogens is 2. The van der Waals surface area contributed by atoms with Gasteiger partial charge >= 0.3 is 0 Å². The van der Waals surface area contributed by atoms with Crippen LogP contribution in [0.15, 0.2) is 30.6 Å². The number of carbonyl (C=O) groups excluding carboxylic acids is 1. The standard InChI is InChI=1S/C16H18Cl2N4O/c1-19-7-11-4-5-21(9-11)16(23)12-8-20-22(10-12)15-3-2-13(17)6-14(15)18/h2-3,6,8,10-11,19H,4-5,7,9H2,1H3. The number of likely N-dealkylation sites (tertiary alicyclic amines) is 1. The molecule has 0 radical (unpaired) electrons. The van der Waals surface area contributed by atoms with Gasteiger partial charge < -0.3 is 10.2 Å². The van der Waals surface area contributed by atoms with Crippen LogP contribution < -0.4 is 5.32 Å². The van der Waals surface area contributed by atoms with Crippen molar-refractivity contribution < 1.29 is 4.79 Å². The lowest BCUT2D eigenvalue weighted by atomic mass is 10.1. The molecule has 1 aliphatic rings. The zero-order valence-electron chi connectivity index (χ0n) is 12.8. The number of amides is 1. The minimum Gasteiger partial charge on any atom is -0.338 e. The van der Waals surface area contributed by atoms with Crippen molar-refractivity contribution in [3.8, 4) is 5.69 Å². The van der Waals surface area contributed by atoms with Crippen LogP contribution in [0.3, 0.4) is 0 Å². The summed E-state index contributed by atoms with van der Waals surface area (Å²) in [5.74, 6) is 0.532. The fraction of sp³-hybridized carbons (Fsp3) is 0.375. The van der Waals surface area contributed by atoms with Gasteiger partial charge in [-0.3, -0.25) is 4.79 Å². The maximum atomic E-state index is 12.6. The van der Waals surface area contributed by atoms with Gasteiger partial charge in [-0.2, -0.15) is 5.10 Å². The van der Waals surface area contributed by atoms with E-state index in [1.165, 1.54) is 0 Å². The number of benzene rings is 1. The van der Waals surface area contributed by atoms with Crippen molar-refractivity contribution in [3.63, 3.8) is 0 Å². The molecule has 0 saturated carbocycles. The first-order valence-corrected chi connectivity index (χ1v) is 8.28. The highest BCUT2D eigenvalue weighted by Crippen LogP contribution is 2.24. The Labute approximate surface area is 145 Å². The molecule has 0 bridgehead atoms. The minimum absolute atomic E-state index is 0.0138. The molecule has 1 aliphatic heterocycles. The van der Waals surface area contributed by atoms with Crippen LogP contribution in [0.25, 0.3) is 5.69 Å². The second-order valence-corrected chi connectivity index (χ2v) is 6.58. The van der Waals surface area contributed by atoms with Crippen LogP contribution in [0, 0.1) is 5.92 Å². The van der Waals surface area contributed by atoms with Crippen LogP contribution >= 0.6 is 23.2 Å². The molecule has 0 spiro atoms. The highest BCUT2D eigenvalue weighted by molar-refractivity contribution is 6.35. The van der Waals surface area contributed by atoms with Crippen LogP contribution in [-0.4, -0.2) is 47.3 Å². The molecule has 1 fully saturated rings. The largest absolute Gasteiger partial charge is 0.338 e. The summed E-state index contributed by atoms with van der Waals surface area (Å²) in [4.78, 5) is 14.5. The van der Waals surface area contributed by atoms with Gasteiger partial charge in [0.1, 0.15) is 0 Å². The van der Waals surface area contributed by atoms with E-state index in [2.05, 4.69) is 10.4 Å². The lowest BCUT2D eigenvalue weighted by Gasteiger charge is -2.15. The van der Waals surface area contributed by atoms with E-state index in [4.69, 9.17) is 23.2 Å². The highest BCUT2D eigenvalue weighted by atomic mass is 35.5. The third kappa shape index (κ3) is 3.52. The Morgan fingerprint density at radius 1 is 1.43 bits per heavy atom. The van der Waals surface area contributed by atoms with Gasteiger partial charge in [0, 0.05) is 24.3 Å². The van der Waals surface area contributed by atoms with Crippen LogP contribution in [0.4, 0.5) is 0 Å². The summed E-state index contributed by atoms with van der Waals surface area (Å²) in [5.41, 5.74) is 1.27. The normalized spacial score (nSPS) is 17.7. The van der Waals surface area contributed by atoms with Gasteiger partial charge in [-0.05, 0) is 44.1 Å². The molecule has 0 aliphatic carbocycles. The summed E-state index contributed by atoms with van der Waals surface area (Å²) in [6.45, 7) is 2.51. The van der Waals surface area contributed by atoms with Gasteiger partial charge in [-0.25, -0.2) is 4.68 Å².